The fourth-order valence-corrected chi connectivity index (χ4v) is 2.29. The number of ether oxygens (including phenoxy) is 1. The van der Waals surface area contributed by atoms with Crippen molar-refractivity contribution in [2.24, 2.45) is 5.10 Å². The number of halogens is 2. The zero-order valence-corrected chi connectivity index (χ0v) is 14.5. The second kappa shape index (κ2) is 8.46. The average molecular weight is 382 g/mol. The number of benzene rings is 2. The van der Waals surface area contributed by atoms with Gasteiger partial charge in [0.1, 0.15) is 10.8 Å². The van der Waals surface area contributed by atoms with Gasteiger partial charge >= 0.3 is 0 Å². The van der Waals surface area contributed by atoms with Gasteiger partial charge in [-0.15, -0.1) is 0 Å². The number of carbonyl (C=O) groups is 1. The smallest absolute Gasteiger partial charge is 0.288 e. The molecule has 0 heterocycles. The lowest BCUT2D eigenvalue weighted by atomic mass is 10.2. The van der Waals surface area contributed by atoms with Crippen molar-refractivity contribution in [3.63, 3.8) is 0 Å². The van der Waals surface area contributed by atoms with Crippen molar-refractivity contribution in [1.82, 2.24) is 5.43 Å². The Hall–Kier alpha value is -2.64. The highest BCUT2D eigenvalue weighted by Gasteiger charge is 2.12. The van der Waals surface area contributed by atoms with Crippen LogP contribution in [0.25, 0.3) is 0 Å². The third-order valence-corrected chi connectivity index (χ3v) is 3.62. The Morgan fingerprint density at radius 1 is 1.32 bits per heavy atom. The first-order chi connectivity index (χ1) is 11.9. The van der Waals surface area contributed by atoms with Gasteiger partial charge in [0.25, 0.3) is 11.6 Å². The van der Waals surface area contributed by atoms with Crippen LogP contribution in [-0.2, 0) is 4.79 Å². The van der Waals surface area contributed by atoms with Gasteiger partial charge in [-0.1, -0.05) is 29.3 Å². The number of nitro groups is 1. The number of carbonyl (C=O) groups excluding carboxylic acids is 1. The first kappa shape index (κ1) is 18.7. The highest BCUT2D eigenvalue weighted by molar-refractivity contribution is 6.32. The van der Waals surface area contributed by atoms with E-state index in [2.05, 4.69) is 10.5 Å². The predicted octanol–water partition coefficient (Wildman–Crippen LogP) is 3.74. The van der Waals surface area contributed by atoms with E-state index in [9.17, 15) is 14.9 Å². The number of nitro benzene ring substituents is 1. The number of nitrogens with zero attached hydrogens (tertiary/aromatic N) is 2. The summed E-state index contributed by atoms with van der Waals surface area (Å²) in [6.07, 6.45) is 1.27. The average Bonchev–Trinajstić information content (AvgIpc) is 2.55. The molecular weight excluding hydrogens is 369 g/mol. The van der Waals surface area contributed by atoms with E-state index < -0.39 is 10.8 Å². The Morgan fingerprint density at radius 2 is 2.08 bits per heavy atom. The first-order valence-electron chi connectivity index (χ1n) is 7.01. The van der Waals surface area contributed by atoms with Crippen LogP contribution in [0.5, 0.6) is 5.75 Å². The SMILES string of the molecule is Cc1cc(Cl)ccc1OCC(=O)N/N=C/c1ccc(Cl)c([N+](=O)[O-])c1. The Labute approximate surface area is 153 Å². The molecule has 0 saturated carbocycles. The van der Waals surface area contributed by atoms with Gasteiger partial charge in [0.15, 0.2) is 6.61 Å². The van der Waals surface area contributed by atoms with E-state index in [1.807, 2.05) is 6.92 Å². The second-order valence-corrected chi connectivity index (χ2v) is 5.80. The van der Waals surface area contributed by atoms with E-state index in [1.165, 1.54) is 18.3 Å². The molecule has 0 saturated heterocycles. The zero-order chi connectivity index (χ0) is 18.4. The number of rotatable bonds is 6. The summed E-state index contributed by atoms with van der Waals surface area (Å²) < 4.78 is 5.37. The van der Waals surface area contributed by atoms with Gasteiger partial charge in [-0.3, -0.25) is 14.9 Å². The number of hydrazone groups is 1. The molecule has 0 atom stereocenters. The number of hydrogen-bond donors (Lipinski definition) is 1. The fourth-order valence-electron chi connectivity index (χ4n) is 1.88. The molecule has 0 aliphatic heterocycles. The minimum Gasteiger partial charge on any atom is -0.483 e. The lowest BCUT2D eigenvalue weighted by Crippen LogP contribution is -2.24. The summed E-state index contributed by atoms with van der Waals surface area (Å²) in [5.41, 5.74) is 3.26. The zero-order valence-electron chi connectivity index (χ0n) is 13.0. The molecular formula is C16H13Cl2N3O4. The van der Waals surface area contributed by atoms with Crippen LogP contribution in [0.3, 0.4) is 0 Å². The molecule has 0 spiro atoms. The van der Waals surface area contributed by atoms with Crippen molar-refractivity contribution in [2.75, 3.05) is 6.61 Å². The molecule has 0 unspecified atom stereocenters. The van der Waals surface area contributed by atoms with Gasteiger partial charge in [-0.05, 0) is 36.8 Å². The molecule has 7 nitrogen and oxygen atoms in total. The Balaban J connectivity index is 1.90. The van der Waals surface area contributed by atoms with Crippen LogP contribution >= 0.6 is 23.2 Å². The maximum atomic E-state index is 11.7. The first-order valence-corrected chi connectivity index (χ1v) is 7.77. The molecule has 2 aromatic carbocycles. The van der Waals surface area contributed by atoms with Crippen molar-refractivity contribution in [1.29, 1.82) is 0 Å². The number of aryl methyl sites for hydroxylation is 1. The molecule has 0 bridgehead atoms. The van der Waals surface area contributed by atoms with Crippen molar-refractivity contribution in [2.45, 2.75) is 6.92 Å². The van der Waals surface area contributed by atoms with Gasteiger partial charge < -0.3 is 4.74 Å². The van der Waals surface area contributed by atoms with E-state index in [-0.39, 0.29) is 17.3 Å². The number of nitrogens with one attached hydrogen (secondary N) is 1. The molecule has 1 N–H and O–H groups in total. The third-order valence-electron chi connectivity index (χ3n) is 3.07. The monoisotopic (exact) mass is 381 g/mol. The van der Waals surface area contributed by atoms with Gasteiger partial charge in [-0.25, -0.2) is 5.43 Å². The van der Waals surface area contributed by atoms with E-state index in [0.29, 0.717) is 16.3 Å². The summed E-state index contributed by atoms with van der Waals surface area (Å²) in [6.45, 7) is 1.57. The van der Waals surface area contributed by atoms with Crippen LogP contribution in [0, 0.1) is 17.0 Å². The molecule has 1 amide bonds. The van der Waals surface area contributed by atoms with E-state index in [1.54, 1.807) is 24.3 Å². The quantitative estimate of drug-likeness (QED) is 0.468. The molecule has 0 aliphatic rings. The third kappa shape index (κ3) is 5.44. The van der Waals surface area contributed by atoms with Crippen LogP contribution in [0.2, 0.25) is 10.0 Å². The number of hydrogen-bond acceptors (Lipinski definition) is 5. The lowest BCUT2D eigenvalue weighted by molar-refractivity contribution is -0.384. The molecule has 0 fully saturated rings. The molecule has 2 aromatic rings. The summed E-state index contributed by atoms with van der Waals surface area (Å²) >= 11 is 11.6. The summed E-state index contributed by atoms with van der Waals surface area (Å²) in [6, 6.07) is 9.23. The minimum absolute atomic E-state index is 0.0259. The van der Waals surface area contributed by atoms with Crippen LogP contribution < -0.4 is 10.2 Å². The summed E-state index contributed by atoms with van der Waals surface area (Å²) in [4.78, 5) is 21.9. The summed E-state index contributed by atoms with van der Waals surface area (Å²) in [5, 5.41) is 15.1. The number of amides is 1. The second-order valence-electron chi connectivity index (χ2n) is 4.96. The van der Waals surface area contributed by atoms with Gasteiger partial charge in [0.05, 0.1) is 11.1 Å². The molecule has 25 heavy (non-hydrogen) atoms. The fraction of sp³-hybridized carbons (Fsp3) is 0.125. The van der Waals surface area contributed by atoms with Crippen LogP contribution in [0.1, 0.15) is 11.1 Å². The molecule has 2 rings (SSSR count). The molecule has 9 heteroatoms. The van der Waals surface area contributed by atoms with Crippen LogP contribution in [0.4, 0.5) is 5.69 Å². The molecule has 0 radical (unpaired) electrons. The Bertz CT molecular complexity index is 840. The summed E-state index contributed by atoms with van der Waals surface area (Å²) in [7, 11) is 0. The van der Waals surface area contributed by atoms with Gasteiger partial charge in [0.2, 0.25) is 0 Å². The van der Waals surface area contributed by atoms with E-state index >= 15 is 0 Å². The molecule has 0 aliphatic carbocycles. The maximum Gasteiger partial charge on any atom is 0.288 e. The standard InChI is InChI=1S/C16H13Cl2N3O4/c1-10-6-12(17)3-5-15(10)25-9-16(22)20-19-8-11-2-4-13(18)14(7-11)21(23)24/h2-8H,9H2,1H3,(H,20,22)/b19-8+. The molecule has 0 aromatic heterocycles. The topological polar surface area (TPSA) is 93.8 Å². The lowest BCUT2D eigenvalue weighted by Gasteiger charge is -2.08. The van der Waals surface area contributed by atoms with Gasteiger partial charge in [-0.2, -0.15) is 5.10 Å². The largest absolute Gasteiger partial charge is 0.483 e. The van der Waals surface area contributed by atoms with Crippen molar-refractivity contribution < 1.29 is 14.5 Å². The van der Waals surface area contributed by atoms with Gasteiger partial charge in [0, 0.05) is 16.7 Å². The van der Waals surface area contributed by atoms with Crippen LogP contribution in [0.15, 0.2) is 41.5 Å². The maximum absolute atomic E-state index is 11.7. The van der Waals surface area contributed by atoms with Crippen molar-refractivity contribution in [3.05, 3.63) is 67.7 Å². The van der Waals surface area contributed by atoms with Crippen molar-refractivity contribution >= 4 is 41.0 Å². The summed E-state index contributed by atoms with van der Waals surface area (Å²) in [5.74, 6) is 0.0610. The highest BCUT2D eigenvalue weighted by Crippen LogP contribution is 2.24. The Morgan fingerprint density at radius 3 is 2.76 bits per heavy atom. The Kier molecular flexibility index (Phi) is 6.32. The normalized spacial score (nSPS) is 10.7. The van der Waals surface area contributed by atoms with E-state index in [0.717, 1.165) is 5.56 Å². The predicted molar refractivity (Wildman–Crippen MR) is 95.5 cm³/mol. The van der Waals surface area contributed by atoms with E-state index in [4.69, 9.17) is 27.9 Å². The molecule has 130 valence electrons. The van der Waals surface area contributed by atoms with Crippen molar-refractivity contribution in [3.8, 4) is 5.75 Å². The minimum atomic E-state index is -0.597. The van der Waals surface area contributed by atoms with Crippen LogP contribution in [-0.4, -0.2) is 23.7 Å². The highest BCUT2D eigenvalue weighted by atomic mass is 35.5.